The predicted octanol–water partition coefficient (Wildman–Crippen LogP) is 3.66. The summed E-state index contributed by atoms with van der Waals surface area (Å²) >= 11 is 0. The Morgan fingerprint density at radius 1 is 1.05 bits per heavy atom. The van der Waals surface area contributed by atoms with E-state index in [2.05, 4.69) is 9.97 Å². The van der Waals surface area contributed by atoms with E-state index < -0.39 is 11.9 Å². The van der Waals surface area contributed by atoms with Gasteiger partial charge in [0.25, 0.3) is 5.91 Å². The molecule has 0 bridgehead atoms. The Hall–Kier alpha value is -4.24. The van der Waals surface area contributed by atoms with Gasteiger partial charge in [-0.15, -0.1) is 0 Å². The standard InChI is InChI=1S/C28H28FN5O3/c1-18-17-32-26-25(18)24(9-10-31-26)37-23-8-7-19(15-21(23)29)16-22(30)28(36)34-13-11-33(12-14-34)27(35)20-5-3-2-4-6-20/h2-10,15,17,22H,11-14,16,30H2,1H3,(H,31,32)/t22-/m0/s1. The molecule has 2 aromatic heterocycles. The zero-order chi connectivity index (χ0) is 25.9. The molecule has 0 spiro atoms. The van der Waals surface area contributed by atoms with Crippen LogP contribution in [0.3, 0.4) is 0 Å². The molecule has 0 unspecified atom stereocenters. The van der Waals surface area contributed by atoms with Gasteiger partial charge in [-0.1, -0.05) is 24.3 Å². The number of aromatic nitrogens is 2. The number of amides is 2. The van der Waals surface area contributed by atoms with Gasteiger partial charge in [0, 0.05) is 44.1 Å². The van der Waals surface area contributed by atoms with Crippen LogP contribution in [-0.4, -0.2) is 63.8 Å². The third kappa shape index (κ3) is 5.17. The molecule has 1 aliphatic heterocycles. The number of aromatic amines is 1. The summed E-state index contributed by atoms with van der Waals surface area (Å²) in [4.78, 5) is 36.3. The number of aryl methyl sites for hydroxylation is 1. The van der Waals surface area contributed by atoms with Crippen LogP contribution in [0.25, 0.3) is 11.0 Å². The van der Waals surface area contributed by atoms with Crippen molar-refractivity contribution < 1.29 is 18.7 Å². The first kappa shape index (κ1) is 24.5. The van der Waals surface area contributed by atoms with E-state index >= 15 is 0 Å². The third-order valence-corrected chi connectivity index (χ3v) is 6.62. The van der Waals surface area contributed by atoms with Gasteiger partial charge in [-0.2, -0.15) is 0 Å². The number of nitrogens with one attached hydrogen (secondary N) is 1. The second-order valence-corrected chi connectivity index (χ2v) is 9.17. The van der Waals surface area contributed by atoms with Gasteiger partial charge in [0.1, 0.15) is 11.4 Å². The Morgan fingerprint density at radius 3 is 2.51 bits per heavy atom. The molecule has 1 fully saturated rings. The molecule has 0 radical (unpaired) electrons. The van der Waals surface area contributed by atoms with E-state index in [0.29, 0.717) is 48.7 Å². The number of halogens is 1. The van der Waals surface area contributed by atoms with Crippen LogP contribution in [0.2, 0.25) is 0 Å². The average Bonchev–Trinajstić information content (AvgIpc) is 3.31. The van der Waals surface area contributed by atoms with E-state index in [-0.39, 0.29) is 24.0 Å². The van der Waals surface area contributed by atoms with Gasteiger partial charge in [-0.05, 0) is 54.8 Å². The summed E-state index contributed by atoms with van der Waals surface area (Å²) in [6.07, 6.45) is 3.61. The van der Waals surface area contributed by atoms with Crippen LogP contribution in [0.1, 0.15) is 21.5 Å². The number of hydrogen-bond acceptors (Lipinski definition) is 5. The lowest BCUT2D eigenvalue weighted by atomic mass is 10.0. The smallest absolute Gasteiger partial charge is 0.253 e. The highest BCUT2D eigenvalue weighted by Gasteiger charge is 2.28. The van der Waals surface area contributed by atoms with Gasteiger partial charge in [-0.25, -0.2) is 9.37 Å². The van der Waals surface area contributed by atoms with Crippen LogP contribution in [0.15, 0.2) is 67.0 Å². The summed E-state index contributed by atoms with van der Waals surface area (Å²) in [5.41, 5.74) is 9.05. The van der Waals surface area contributed by atoms with Gasteiger partial charge in [0.15, 0.2) is 11.6 Å². The maximum Gasteiger partial charge on any atom is 0.253 e. The number of carbonyl (C=O) groups excluding carboxylic acids is 2. The van der Waals surface area contributed by atoms with Crippen molar-refractivity contribution in [3.8, 4) is 11.5 Å². The number of fused-ring (bicyclic) bond motifs is 1. The number of nitrogens with two attached hydrogens (primary N) is 1. The Morgan fingerprint density at radius 2 is 1.78 bits per heavy atom. The highest BCUT2D eigenvalue weighted by Crippen LogP contribution is 2.32. The fraction of sp³-hybridized carbons (Fsp3) is 0.250. The first-order chi connectivity index (χ1) is 17.9. The summed E-state index contributed by atoms with van der Waals surface area (Å²) in [6, 6.07) is 14.6. The number of nitrogens with zero attached hydrogens (tertiary/aromatic N) is 3. The highest BCUT2D eigenvalue weighted by atomic mass is 19.1. The largest absolute Gasteiger partial charge is 0.453 e. The molecule has 3 N–H and O–H groups in total. The van der Waals surface area contributed by atoms with Crippen LogP contribution >= 0.6 is 0 Å². The molecular weight excluding hydrogens is 473 g/mol. The van der Waals surface area contributed by atoms with E-state index in [4.69, 9.17) is 10.5 Å². The molecule has 5 rings (SSSR count). The summed E-state index contributed by atoms with van der Waals surface area (Å²) in [5, 5.41) is 0.796. The van der Waals surface area contributed by atoms with Crippen LogP contribution in [0, 0.1) is 12.7 Å². The minimum atomic E-state index is -0.815. The molecule has 3 heterocycles. The summed E-state index contributed by atoms with van der Waals surface area (Å²) in [6.45, 7) is 3.62. The molecule has 4 aromatic rings. The lowest BCUT2D eigenvalue weighted by Crippen LogP contribution is -2.54. The topological polar surface area (TPSA) is 105 Å². The zero-order valence-electron chi connectivity index (χ0n) is 20.5. The highest BCUT2D eigenvalue weighted by molar-refractivity contribution is 5.94. The lowest BCUT2D eigenvalue weighted by molar-refractivity contribution is -0.134. The Labute approximate surface area is 213 Å². The van der Waals surface area contributed by atoms with E-state index in [1.807, 2.05) is 31.3 Å². The Balaban J connectivity index is 1.18. The van der Waals surface area contributed by atoms with Crippen molar-refractivity contribution >= 4 is 22.8 Å². The quantitative estimate of drug-likeness (QED) is 0.420. The van der Waals surface area contributed by atoms with Crippen molar-refractivity contribution in [1.29, 1.82) is 0 Å². The molecular formula is C28H28FN5O3. The van der Waals surface area contributed by atoms with Crippen LogP contribution in [0.5, 0.6) is 11.5 Å². The molecule has 37 heavy (non-hydrogen) atoms. The molecule has 0 saturated carbocycles. The number of H-pyrrole nitrogens is 1. The zero-order valence-corrected chi connectivity index (χ0v) is 20.5. The fourth-order valence-corrected chi connectivity index (χ4v) is 4.61. The molecule has 1 aliphatic rings. The predicted molar refractivity (Wildman–Crippen MR) is 138 cm³/mol. The van der Waals surface area contributed by atoms with E-state index in [9.17, 15) is 14.0 Å². The minimum Gasteiger partial charge on any atom is -0.453 e. The number of carbonyl (C=O) groups is 2. The third-order valence-electron chi connectivity index (χ3n) is 6.62. The molecule has 8 nitrogen and oxygen atoms in total. The first-order valence-electron chi connectivity index (χ1n) is 12.2. The van der Waals surface area contributed by atoms with Gasteiger partial charge >= 0.3 is 0 Å². The second kappa shape index (κ2) is 10.4. The number of ether oxygens (including phenoxy) is 1. The monoisotopic (exact) mass is 501 g/mol. The summed E-state index contributed by atoms with van der Waals surface area (Å²) in [5.74, 6) is -0.213. The summed E-state index contributed by atoms with van der Waals surface area (Å²) in [7, 11) is 0. The van der Waals surface area contributed by atoms with Crippen molar-refractivity contribution in [3.63, 3.8) is 0 Å². The van der Waals surface area contributed by atoms with Gasteiger partial charge in [-0.3, -0.25) is 9.59 Å². The Bertz CT molecular complexity index is 1430. The Kier molecular flexibility index (Phi) is 6.87. The molecule has 1 atom stereocenters. The van der Waals surface area contributed by atoms with Crippen molar-refractivity contribution in [2.24, 2.45) is 5.73 Å². The van der Waals surface area contributed by atoms with E-state index in [0.717, 1.165) is 10.9 Å². The molecule has 2 amide bonds. The van der Waals surface area contributed by atoms with Crippen molar-refractivity contribution in [2.75, 3.05) is 26.2 Å². The van der Waals surface area contributed by atoms with Crippen molar-refractivity contribution in [1.82, 2.24) is 19.8 Å². The minimum absolute atomic E-state index is 0.0473. The molecule has 190 valence electrons. The summed E-state index contributed by atoms with van der Waals surface area (Å²) < 4.78 is 20.8. The second-order valence-electron chi connectivity index (χ2n) is 9.17. The fourth-order valence-electron chi connectivity index (χ4n) is 4.61. The van der Waals surface area contributed by atoms with Gasteiger partial charge in [0.05, 0.1) is 11.4 Å². The molecule has 9 heteroatoms. The lowest BCUT2D eigenvalue weighted by Gasteiger charge is -2.36. The normalized spacial score (nSPS) is 14.6. The van der Waals surface area contributed by atoms with Gasteiger partial charge < -0.3 is 25.3 Å². The average molecular weight is 502 g/mol. The first-order valence-corrected chi connectivity index (χ1v) is 12.2. The van der Waals surface area contributed by atoms with Crippen LogP contribution < -0.4 is 10.5 Å². The maximum absolute atomic E-state index is 14.9. The number of pyridine rings is 1. The van der Waals surface area contributed by atoms with Gasteiger partial charge in [0.2, 0.25) is 5.91 Å². The molecule has 1 saturated heterocycles. The van der Waals surface area contributed by atoms with E-state index in [1.165, 1.54) is 6.07 Å². The van der Waals surface area contributed by atoms with Crippen molar-refractivity contribution in [2.45, 2.75) is 19.4 Å². The number of hydrogen-bond donors (Lipinski definition) is 2. The van der Waals surface area contributed by atoms with E-state index in [1.54, 1.807) is 46.3 Å². The molecule has 0 aliphatic carbocycles. The molecule has 2 aromatic carbocycles. The van der Waals surface area contributed by atoms with Crippen LogP contribution in [-0.2, 0) is 11.2 Å². The van der Waals surface area contributed by atoms with Crippen LogP contribution in [0.4, 0.5) is 4.39 Å². The number of piperazine rings is 1. The maximum atomic E-state index is 14.9. The SMILES string of the molecule is Cc1c[nH]c2nccc(Oc3ccc(C[C@H](N)C(=O)N4CCN(C(=O)c5ccccc5)CC4)cc3F)c12. The number of rotatable bonds is 6. The number of benzene rings is 2. The van der Waals surface area contributed by atoms with Crippen molar-refractivity contribution in [3.05, 3.63) is 89.5 Å².